The van der Waals surface area contributed by atoms with Gasteiger partial charge < -0.3 is 0 Å². The van der Waals surface area contributed by atoms with Gasteiger partial charge in [0.2, 0.25) is 15.2 Å². The molecule has 1 aromatic heterocycles. The summed E-state index contributed by atoms with van der Waals surface area (Å²) in [4.78, 5) is 18.3. The highest BCUT2D eigenvalue weighted by Crippen LogP contribution is 2.31. The van der Waals surface area contributed by atoms with Crippen molar-refractivity contribution in [2.45, 2.75) is 43.5 Å². The second kappa shape index (κ2) is 11.1. The standard InChI is InChI=1S/C28H27FN4O3S2/c1-2-23-10-6-7-17-32(23)38(35,36)24-14-11-21(12-15-24)27(34)33(30-19-20-8-4-3-5-9-20)28-31-25-16-13-22(29)18-26(25)37-28/h3-5,8-9,11-16,18-19,23H,2,6-7,10,17H2,1H3/b30-19+. The fraction of sp³-hybridized carbons (Fsp3) is 0.250. The minimum absolute atomic E-state index is 0.0123. The molecule has 0 bridgehead atoms. The van der Waals surface area contributed by atoms with E-state index >= 15 is 0 Å². The van der Waals surface area contributed by atoms with Crippen molar-refractivity contribution in [3.05, 3.63) is 89.7 Å². The van der Waals surface area contributed by atoms with Crippen molar-refractivity contribution < 1.29 is 17.6 Å². The summed E-state index contributed by atoms with van der Waals surface area (Å²) in [6.45, 7) is 2.50. The lowest BCUT2D eigenvalue weighted by Crippen LogP contribution is -2.43. The van der Waals surface area contributed by atoms with Crippen LogP contribution in [0.3, 0.4) is 0 Å². The topological polar surface area (TPSA) is 82.9 Å². The number of aromatic nitrogens is 1. The molecule has 7 nitrogen and oxygen atoms in total. The number of piperidine rings is 1. The van der Waals surface area contributed by atoms with Crippen LogP contribution in [0.5, 0.6) is 0 Å². The average molecular weight is 551 g/mol. The predicted octanol–water partition coefficient (Wildman–Crippen LogP) is 6.07. The zero-order chi connectivity index (χ0) is 26.7. The van der Waals surface area contributed by atoms with E-state index in [-0.39, 0.29) is 21.6 Å². The number of anilines is 1. The van der Waals surface area contributed by atoms with E-state index in [1.165, 1.54) is 36.4 Å². The number of carbonyl (C=O) groups excluding carboxylic acids is 1. The summed E-state index contributed by atoms with van der Waals surface area (Å²) in [5.41, 5.74) is 1.59. The zero-order valence-electron chi connectivity index (χ0n) is 20.8. The first-order chi connectivity index (χ1) is 18.4. The molecule has 1 fully saturated rings. The largest absolute Gasteiger partial charge is 0.280 e. The molecule has 38 heavy (non-hydrogen) atoms. The van der Waals surface area contributed by atoms with Crippen LogP contribution in [-0.2, 0) is 10.0 Å². The van der Waals surface area contributed by atoms with Gasteiger partial charge in [-0.3, -0.25) is 4.79 Å². The van der Waals surface area contributed by atoms with Crippen molar-refractivity contribution in [2.24, 2.45) is 5.10 Å². The van der Waals surface area contributed by atoms with Crippen molar-refractivity contribution >= 4 is 48.8 Å². The first-order valence-electron chi connectivity index (χ1n) is 12.5. The Labute approximate surface area is 225 Å². The van der Waals surface area contributed by atoms with Gasteiger partial charge in [-0.25, -0.2) is 17.8 Å². The number of hydrogen-bond acceptors (Lipinski definition) is 6. The molecule has 1 atom stereocenters. The number of sulfonamides is 1. The van der Waals surface area contributed by atoms with Gasteiger partial charge in [0.15, 0.2) is 0 Å². The fourth-order valence-electron chi connectivity index (χ4n) is 4.55. The molecule has 1 amide bonds. The van der Waals surface area contributed by atoms with E-state index in [4.69, 9.17) is 0 Å². The Balaban J connectivity index is 1.47. The highest BCUT2D eigenvalue weighted by Gasteiger charge is 2.32. The third-order valence-corrected chi connectivity index (χ3v) is 9.55. The molecule has 2 heterocycles. The number of hydrazone groups is 1. The van der Waals surface area contributed by atoms with Crippen molar-refractivity contribution in [2.75, 3.05) is 11.6 Å². The SMILES string of the molecule is CCC1CCCCN1S(=O)(=O)c1ccc(C(=O)N(/N=C/c2ccccc2)c2nc3ccc(F)cc3s2)cc1. The van der Waals surface area contributed by atoms with Crippen LogP contribution >= 0.6 is 11.3 Å². The van der Waals surface area contributed by atoms with Gasteiger partial charge in [-0.15, -0.1) is 0 Å². The Bertz CT molecular complexity index is 1570. The molecule has 1 unspecified atom stereocenters. The van der Waals surface area contributed by atoms with E-state index in [1.807, 2.05) is 37.3 Å². The molecule has 1 aliphatic heterocycles. The first kappa shape index (κ1) is 26.1. The molecule has 5 rings (SSSR count). The van der Waals surface area contributed by atoms with Crippen molar-refractivity contribution in [1.82, 2.24) is 9.29 Å². The molecule has 1 aliphatic rings. The smallest absolute Gasteiger partial charge is 0.267 e. The highest BCUT2D eigenvalue weighted by atomic mass is 32.2. The number of hydrogen-bond donors (Lipinski definition) is 0. The van der Waals surface area contributed by atoms with E-state index in [9.17, 15) is 17.6 Å². The van der Waals surface area contributed by atoms with Gasteiger partial charge in [0, 0.05) is 18.2 Å². The summed E-state index contributed by atoms with van der Waals surface area (Å²) >= 11 is 1.14. The molecule has 196 valence electrons. The molecular formula is C28H27FN4O3S2. The highest BCUT2D eigenvalue weighted by molar-refractivity contribution is 7.89. The summed E-state index contributed by atoms with van der Waals surface area (Å²) in [6, 6.07) is 19.5. The van der Waals surface area contributed by atoms with Gasteiger partial charge >= 0.3 is 0 Å². The Morgan fingerprint density at radius 1 is 1.13 bits per heavy atom. The van der Waals surface area contributed by atoms with Crippen LogP contribution in [0.2, 0.25) is 0 Å². The molecule has 4 aromatic rings. The van der Waals surface area contributed by atoms with Crippen LogP contribution in [0.25, 0.3) is 10.2 Å². The van der Waals surface area contributed by atoms with Crippen molar-refractivity contribution in [1.29, 1.82) is 0 Å². The van der Waals surface area contributed by atoms with Crippen molar-refractivity contribution in [3.8, 4) is 0 Å². The Morgan fingerprint density at radius 3 is 2.63 bits per heavy atom. The number of fused-ring (bicyclic) bond motifs is 1. The molecule has 0 radical (unpaired) electrons. The Kier molecular flexibility index (Phi) is 7.64. The van der Waals surface area contributed by atoms with Crippen LogP contribution < -0.4 is 5.01 Å². The average Bonchev–Trinajstić information content (AvgIpc) is 3.36. The van der Waals surface area contributed by atoms with E-state index in [0.717, 1.165) is 47.6 Å². The number of halogens is 1. The summed E-state index contributed by atoms with van der Waals surface area (Å²) in [5, 5.41) is 5.85. The molecule has 10 heteroatoms. The lowest BCUT2D eigenvalue weighted by Gasteiger charge is -2.34. The summed E-state index contributed by atoms with van der Waals surface area (Å²) in [7, 11) is -3.67. The maximum atomic E-state index is 13.8. The third-order valence-electron chi connectivity index (χ3n) is 6.59. The van der Waals surface area contributed by atoms with Crippen LogP contribution in [0.15, 0.2) is 82.8 Å². The monoisotopic (exact) mass is 550 g/mol. The molecule has 0 N–H and O–H groups in total. The molecule has 3 aromatic carbocycles. The fourth-order valence-corrected chi connectivity index (χ4v) is 7.27. The Morgan fingerprint density at radius 2 is 1.89 bits per heavy atom. The number of benzene rings is 3. The van der Waals surface area contributed by atoms with Gasteiger partial charge in [-0.2, -0.15) is 14.4 Å². The molecule has 0 spiro atoms. The predicted molar refractivity (Wildman–Crippen MR) is 149 cm³/mol. The van der Waals surface area contributed by atoms with E-state index in [2.05, 4.69) is 10.1 Å². The minimum Gasteiger partial charge on any atom is -0.267 e. The maximum absolute atomic E-state index is 13.8. The summed E-state index contributed by atoms with van der Waals surface area (Å²) in [6.07, 6.45) is 5.02. The van der Waals surface area contributed by atoms with Crippen LogP contribution in [0, 0.1) is 5.82 Å². The van der Waals surface area contributed by atoms with Crippen LogP contribution in [0.1, 0.15) is 48.5 Å². The number of nitrogens with zero attached hydrogens (tertiary/aromatic N) is 4. The van der Waals surface area contributed by atoms with Gasteiger partial charge in [0.05, 0.1) is 21.3 Å². The number of amides is 1. The van der Waals surface area contributed by atoms with E-state index in [1.54, 1.807) is 16.6 Å². The third kappa shape index (κ3) is 5.38. The van der Waals surface area contributed by atoms with Crippen LogP contribution in [-0.4, -0.2) is 42.4 Å². The molecular weight excluding hydrogens is 523 g/mol. The Hall–Kier alpha value is -3.47. The molecule has 0 saturated carbocycles. The number of thiazole rings is 1. The van der Waals surface area contributed by atoms with Crippen molar-refractivity contribution in [3.63, 3.8) is 0 Å². The molecule has 1 saturated heterocycles. The van der Waals surface area contributed by atoms with E-state index in [0.29, 0.717) is 16.8 Å². The van der Waals surface area contributed by atoms with Gasteiger partial charge in [0.1, 0.15) is 5.82 Å². The number of carbonyl (C=O) groups is 1. The number of rotatable bonds is 7. The lowest BCUT2D eigenvalue weighted by atomic mass is 10.0. The lowest BCUT2D eigenvalue weighted by molar-refractivity contribution is 0.0987. The normalized spacial score (nSPS) is 16.7. The maximum Gasteiger partial charge on any atom is 0.280 e. The molecule has 0 aliphatic carbocycles. The van der Waals surface area contributed by atoms with Gasteiger partial charge in [-0.1, -0.05) is 55.0 Å². The van der Waals surface area contributed by atoms with Crippen LogP contribution in [0.4, 0.5) is 9.52 Å². The summed E-state index contributed by atoms with van der Waals surface area (Å²) in [5.74, 6) is -0.876. The first-order valence-corrected chi connectivity index (χ1v) is 14.7. The van der Waals surface area contributed by atoms with Gasteiger partial charge in [-0.05, 0) is 67.3 Å². The van der Waals surface area contributed by atoms with E-state index < -0.39 is 21.7 Å². The quantitative estimate of drug-likeness (QED) is 0.207. The zero-order valence-corrected chi connectivity index (χ0v) is 22.5. The second-order valence-electron chi connectivity index (χ2n) is 9.08. The van der Waals surface area contributed by atoms with Gasteiger partial charge in [0.25, 0.3) is 5.91 Å². The minimum atomic E-state index is -3.67. The summed E-state index contributed by atoms with van der Waals surface area (Å²) < 4.78 is 42.6. The second-order valence-corrected chi connectivity index (χ2v) is 12.0.